The molecule has 23 heavy (non-hydrogen) atoms. The standard InChI is InChI=1S/C16H13NO5S/c1-10-2-6-13(7-3-10)23(19,20)22-12-5-4-11-8-14(17)16(18)21-15(11)9-12/h2-9H,17H2,1H3. The van der Waals surface area contributed by atoms with Gasteiger partial charge in [-0.05, 0) is 37.3 Å². The molecule has 2 aromatic carbocycles. The Morgan fingerprint density at radius 1 is 1.04 bits per heavy atom. The second-order valence-electron chi connectivity index (χ2n) is 5.04. The summed E-state index contributed by atoms with van der Waals surface area (Å²) in [6.45, 7) is 1.86. The van der Waals surface area contributed by atoms with Crippen LogP contribution in [-0.2, 0) is 10.1 Å². The van der Waals surface area contributed by atoms with Crippen molar-refractivity contribution in [2.45, 2.75) is 11.8 Å². The lowest BCUT2D eigenvalue weighted by molar-refractivity contribution is 0.485. The highest BCUT2D eigenvalue weighted by Gasteiger charge is 2.17. The van der Waals surface area contributed by atoms with Crippen LogP contribution >= 0.6 is 0 Å². The molecule has 0 aliphatic heterocycles. The number of rotatable bonds is 3. The number of anilines is 1. The Bertz CT molecular complexity index is 1040. The van der Waals surface area contributed by atoms with Gasteiger partial charge < -0.3 is 14.3 Å². The molecule has 3 aromatic rings. The molecule has 0 aliphatic rings. The minimum Gasteiger partial charge on any atom is -0.421 e. The number of nitrogens with two attached hydrogens (primary N) is 1. The van der Waals surface area contributed by atoms with Gasteiger partial charge in [0, 0.05) is 11.5 Å². The molecular formula is C16H13NO5S. The minimum atomic E-state index is -3.96. The summed E-state index contributed by atoms with van der Waals surface area (Å²) in [4.78, 5) is 11.5. The Morgan fingerprint density at radius 3 is 2.43 bits per heavy atom. The molecule has 1 aromatic heterocycles. The Labute approximate surface area is 132 Å². The molecule has 0 unspecified atom stereocenters. The Morgan fingerprint density at radius 2 is 1.74 bits per heavy atom. The highest BCUT2D eigenvalue weighted by Crippen LogP contribution is 2.24. The molecule has 0 saturated carbocycles. The minimum absolute atomic E-state index is 0.0153. The lowest BCUT2D eigenvalue weighted by Gasteiger charge is -2.08. The van der Waals surface area contributed by atoms with Gasteiger partial charge in [0.2, 0.25) is 0 Å². The van der Waals surface area contributed by atoms with Crippen molar-refractivity contribution in [3.8, 4) is 5.75 Å². The summed E-state index contributed by atoms with van der Waals surface area (Å²) in [5.74, 6) is 0.0472. The van der Waals surface area contributed by atoms with Crippen LogP contribution in [0.15, 0.2) is 62.6 Å². The number of benzene rings is 2. The molecule has 7 heteroatoms. The van der Waals surface area contributed by atoms with Crippen LogP contribution < -0.4 is 15.5 Å². The Kier molecular flexibility index (Phi) is 3.57. The molecule has 6 nitrogen and oxygen atoms in total. The van der Waals surface area contributed by atoms with Crippen LogP contribution in [0.5, 0.6) is 5.75 Å². The number of nitrogen functional groups attached to an aromatic ring is 1. The van der Waals surface area contributed by atoms with E-state index < -0.39 is 15.7 Å². The van der Waals surface area contributed by atoms with Crippen molar-refractivity contribution < 1.29 is 17.0 Å². The van der Waals surface area contributed by atoms with E-state index >= 15 is 0 Å². The Hall–Kier alpha value is -2.80. The lowest BCUT2D eigenvalue weighted by atomic mass is 10.2. The second-order valence-corrected chi connectivity index (χ2v) is 6.59. The molecule has 0 saturated heterocycles. The molecule has 0 atom stereocenters. The molecule has 118 valence electrons. The normalized spacial score (nSPS) is 11.5. The van der Waals surface area contributed by atoms with E-state index in [1.165, 1.54) is 30.3 Å². The predicted molar refractivity (Wildman–Crippen MR) is 85.9 cm³/mol. The van der Waals surface area contributed by atoms with Crippen LogP contribution in [0.3, 0.4) is 0 Å². The summed E-state index contributed by atoms with van der Waals surface area (Å²) in [5, 5.41) is 0.571. The van der Waals surface area contributed by atoms with Crippen molar-refractivity contribution in [3.63, 3.8) is 0 Å². The maximum absolute atomic E-state index is 12.2. The van der Waals surface area contributed by atoms with Crippen LogP contribution in [-0.4, -0.2) is 8.42 Å². The van der Waals surface area contributed by atoms with Crippen LogP contribution in [0, 0.1) is 6.92 Å². The van der Waals surface area contributed by atoms with Gasteiger partial charge in [-0.1, -0.05) is 17.7 Å². The first-order chi connectivity index (χ1) is 10.8. The zero-order valence-electron chi connectivity index (χ0n) is 12.1. The predicted octanol–water partition coefficient (Wildman–Crippen LogP) is 2.45. The van der Waals surface area contributed by atoms with Crippen LogP contribution in [0.1, 0.15) is 5.56 Å². The van der Waals surface area contributed by atoms with Gasteiger partial charge in [-0.15, -0.1) is 0 Å². The summed E-state index contributed by atoms with van der Waals surface area (Å²) in [6, 6.07) is 12.1. The number of hydrogen-bond acceptors (Lipinski definition) is 6. The van der Waals surface area contributed by atoms with Gasteiger partial charge in [0.05, 0.1) is 0 Å². The highest BCUT2D eigenvalue weighted by molar-refractivity contribution is 7.87. The second kappa shape index (κ2) is 5.44. The summed E-state index contributed by atoms with van der Waals surface area (Å²) in [7, 11) is -3.96. The molecule has 0 spiro atoms. The zero-order valence-corrected chi connectivity index (χ0v) is 13.0. The highest BCUT2D eigenvalue weighted by atomic mass is 32.2. The monoisotopic (exact) mass is 331 g/mol. The fourth-order valence-corrected chi connectivity index (χ4v) is 2.96. The van der Waals surface area contributed by atoms with E-state index in [4.69, 9.17) is 14.3 Å². The van der Waals surface area contributed by atoms with Crippen LogP contribution in [0.25, 0.3) is 11.0 Å². The molecule has 3 rings (SSSR count). The van der Waals surface area contributed by atoms with E-state index in [2.05, 4.69) is 0 Å². The molecule has 0 amide bonds. The van der Waals surface area contributed by atoms with Crippen molar-refractivity contribution in [3.05, 3.63) is 64.5 Å². The third-order valence-electron chi connectivity index (χ3n) is 3.25. The summed E-state index contributed by atoms with van der Waals surface area (Å²) >= 11 is 0. The first kappa shape index (κ1) is 15.1. The van der Waals surface area contributed by atoms with E-state index in [0.717, 1.165) is 5.56 Å². The molecule has 1 heterocycles. The van der Waals surface area contributed by atoms with Crippen molar-refractivity contribution in [1.82, 2.24) is 0 Å². The molecule has 0 aliphatic carbocycles. The number of fused-ring (bicyclic) bond motifs is 1. The summed E-state index contributed by atoms with van der Waals surface area (Å²) < 4.78 is 34.6. The van der Waals surface area contributed by atoms with Gasteiger partial charge in [-0.25, -0.2) is 4.79 Å². The fraction of sp³-hybridized carbons (Fsp3) is 0.0625. The van der Waals surface area contributed by atoms with E-state index in [1.807, 2.05) is 6.92 Å². The third kappa shape index (κ3) is 3.04. The first-order valence-corrected chi connectivity index (χ1v) is 8.10. The fourth-order valence-electron chi connectivity index (χ4n) is 2.04. The molecular weight excluding hydrogens is 318 g/mol. The number of aryl methyl sites for hydroxylation is 1. The maximum atomic E-state index is 12.2. The largest absolute Gasteiger partial charge is 0.421 e. The molecule has 0 bridgehead atoms. The van der Waals surface area contributed by atoms with Crippen molar-refractivity contribution in [1.29, 1.82) is 0 Å². The topological polar surface area (TPSA) is 99.6 Å². The summed E-state index contributed by atoms with van der Waals surface area (Å²) in [5.41, 5.74) is 5.92. The molecule has 0 fully saturated rings. The van der Waals surface area contributed by atoms with Crippen molar-refractivity contribution in [2.75, 3.05) is 5.73 Å². The Balaban J connectivity index is 1.99. The first-order valence-electron chi connectivity index (χ1n) is 6.70. The SMILES string of the molecule is Cc1ccc(S(=O)(=O)Oc2ccc3cc(N)c(=O)oc3c2)cc1. The van der Waals surface area contributed by atoms with Gasteiger partial charge in [-0.2, -0.15) is 8.42 Å². The lowest BCUT2D eigenvalue weighted by Crippen LogP contribution is -2.10. The van der Waals surface area contributed by atoms with Gasteiger partial charge in [0.1, 0.15) is 21.9 Å². The molecule has 2 N–H and O–H groups in total. The zero-order chi connectivity index (χ0) is 16.6. The smallest absolute Gasteiger partial charge is 0.359 e. The average Bonchev–Trinajstić information content (AvgIpc) is 2.49. The quantitative estimate of drug-likeness (QED) is 0.584. The number of hydrogen-bond donors (Lipinski definition) is 1. The maximum Gasteiger partial charge on any atom is 0.359 e. The van der Waals surface area contributed by atoms with Gasteiger partial charge in [-0.3, -0.25) is 0 Å². The third-order valence-corrected chi connectivity index (χ3v) is 4.51. The van der Waals surface area contributed by atoms with Crippen LogP contribution in [0.4, 0.5) is 5.69 Å². The van der Waals surface area contributed by atoms with E-state index in [1.54, 1.807) is 18.2 Å². The van der Waals surface area contributed by atoms with Gasteiger partial charge in [0.15, 0.2) is 0 Å². The van der Waals surface area contributed by atoms with Gasteiger partial charge >= 0.3 is 15.7 Å². The van der Waals surface area contributed by atoms with Gasteiger partial charge in [0.25, 0.3) is 0 Å². The summed E-state index contributed by atoms with van der Waals surface area (Å²) in [6.07, 6.45) is 0. The van der Waals surface area contributed by atoms with E-state index in [0.29, 0.717) is 5.39 Å². The molecule has 0 radical (unpaired) electrons. The van der Waals surface area contributed by atoms with E-state index in [-0.39, 0.29) is 21.9 Å². The van der Waals surface area contributed by atoms with E-state index in [9.17, 15) is 13.2 Å². The average molecular weight is 331 g/mol. The van der Waals surface area contributed by atoms with Crippen molar-refractivity contribution in [2.24, 2.45) is 0 Å². The van der Waals surface area contributed by atoms with Crippen molar-refractivity contribution >= 4 is 26.8 Å². The van der Waals surface area contributed by atoms with Crippen LogP contribution in [0.2, 0.25) is 0 Å².